The van der Waals surface area contributed by atoms with Crippen molar-refractivity contribution in [3.05, 3.63) is 179 Å². The lowest BCUT2D eigenvalue weighted by Gasteiger charge is -2.36. The van der Waals surface area contributed by atoms with Crippen molar-refractivity contribution in [2.75, 3.05) is 11.1 Å². The molecule has 0 saturated carbocycles. The van der Waals surface area contributed by atoms with Gasteiger partial charge in [-0.3, -0.25) is 0 Å². The van der Waals surface area contributed by atoms with Gasteiger partial charge in [0.1, 0.15) is 11.5 Å². The van der Waals surface area contributed by atoms with Crippen molar-refractivity contribution in [1.82, 2.24) is 5.32 Å². The second-order valence-corrected chi connectivity index (χ2v) is 14.1. The number of urea groups is 1. The van der Waals surface area contributed by atoms with Crippen LogP contribution in [0.4, 0.5) is 10.5 Å². The van der Waals surface area contributed by atoms with Crippen LogP contribution in [-0.2, 0) is 22.6 Å². The van der Waals surface area contributed by atoms with Crippen molar-refractivity contribution in [1.29, 1.82) is 0 Å². The van der Waals surface area contributed by atoms with Crippen LogP contribution in [0.25, 0.3) is 11.1 Å². The van der Waals surface area contributed by atoms with Crippen molar-refractivity contribution >= 4 is 29.4 Å². The molecule has 6 aromatic carbocycles. The van der Waals surface area contributed by atoms with Crippen LogP contribution in [0.1, 0.15) is 51.4 Å². The molecule has 0 aliphatic carbocycles. The number of hydrogen-bond donors (Lipinski definition) is 4. The number of amides is 2. The third-order valence-corrected chi connectivity index (χ3v) is 10.4. The third kappa shape index (κ3) is 9.80. The molecule has 7 rings (SSSR count). The normalized spacial score (nSPS) is 16.6. The van der Waals surface area contributed by atoms with Crippen molar-refractivity contribution in [2.24, 2.45) is 0 Å². The van der Waals surface area contributed by atoms with Crippen LogP contribution in [-0.4, -0.2) is 34.1 Å². The fraction of sp³-hybridized carbons (Fsp3) is 0.156. The number of aliphatic hydroxyl groups excluding tert-OH is 1. The van der Waals surface area contributed by atoms with Gasteiger partial charge in [-0.05, 0) is 76.3 Å². The van der Waals surface area contributed by atoms with Crippen LogP contribution in [0.3, 0.4) is 0 Å². The molecule has 1 aliphatic heterocycles. The van der Waals surface area contributed by atoms with Crippen molar-refractivity contribution < 1.29 is 34.0 Å². The topological polar surface area (TPSA) is 126 Å². The summed E-state index contributed by atoms with van der Waals surface area (Å²) in [6, 6.07) is 47.0. The second-order valence-electron chi connectivity index (χ2n) is 13.0. The third-order valence-electron chi connectivity index (χ3n) is 9.20. The number of benzene rings is 6. The highest BCUT2D eigenvalue weighted by Gasteiger charge is 2.32. The van der Waals surface area contributed by atoms with Gasteiger partial charge < -0.3 is 35.1 Å². The smallest absolute Gasteiger partial charge is 0.336 e. The van der Waals surface area contributed by atoms with E-state index in [0.29, 0.717) is 35.1 Å². The van der Waals surface area contributed by atoms with E-state index in [-0.39, 0.29) is 30.4 Å². The fourth-order valence-corrected chi connectivity index (χ4v) is 7.40. The Kier molecular flexibility index (Phi) is 12.2. The molecule has 10 heteroatoms. The SMILES string of the molecule is O=C(NCc1ccccc1-c1ccc(C2OC(CSc3ccccc3C(=O)O)CC(c3ccc(CO)cc3)O2)cc1)Nc1ccc(Oc2ccccc2)cc1. The van der Waals surface area contributed by atoms with E-state index in [2.05, 4.69) is 10.6 Å². The summed E-state index contributed by atoms with van der Waals surface area (Å²) in [5, 5.41) is 25.1. The minimum Gasteiger partial charge on any atom is -0.478 e. The van der Waals surface area contributed by atoms with Crippen LogP contribution in [0.15, 0.2) is 157 Å². The zero-order valence-corrected chi connectivity index (χ0v) is 30.7. The van der Waals surface area contributed by atoms with Gasteiger partial charge in [-0.1, -0.05) is 103 Å². The molecule has 3 atom stereocenters. The van der Waals surface area contributed by atoms with Crippen molar-refractivity contribution in [2.45, 2.75) is 43.0 Å². The second kappa shape index (κ2) is 17.9. The Morgan fingerprint density at radius 3 is 2.15 bits per heavy atom. The van der Waals surface area contributed by atoms with Gasteiger partial charge in [-0.15, -0.1) is 11.8 Å². The predicted octanol–water partition coefficient (Wildman–Crippen LogP) is 10.00. The van der Waals surface area contributed by atoms with Gasteiger partial charge in [-0.2, -0.15) is 0 Å². The summed E-state index contributed by atoms with van der Waals surface area (Å²) in [5.74, 6) is 0.981. The fourth-order valence-electron chi connectivity index (χ4n) is 6.33. The molecule has 1 heterocycles. The molecule has 4 N–H and O–H groups in total. The summed E-state index contributed by atoms with van der Waals surface area (Å²) in [5.41, 5.74) is 6.45. The van der Waals surface area contributed by atoms with Gasteiger partial charge in [0.25, 0.3) is 0 Å². The van der Waals surface area contributed by atoms with Crippen molar-refractivity contribution in [3.63, 3.8) is 0 Å². The van der Waals surface area contributed by atoms with Gasteiger partial charge in [0.2, 0.25) is 0 Å². The molecular weight excluding hydrogens is 713 g/mol. The van der Waals surface area contributed by atoms with E-state index in [1.807, 2.05) is 115 Å². The molecule has 0 bridgehead atoms. The summed E-state index contributed by atoms with van der Waals surface area (Å²) in [4.78, 5) is 25.4. The monoisotopic (exact) mass is 752 g/mol. The maximum atomic E-state index is 12.9. The molecule has 9 nitrogen and oxygen atoms in total. The van der Waals surface area contributed by atoms with Gasteiger partial charge in [-0.25, -0.2) is 9.59 Å². The molecule has 278 valence electrons. The lowest BCUT2D eigenvalue weighted by atomic mass is 9.98. The summed E-state index contributed by atoms with van der Waals surface area (Å²) >= 11 is 1.46. The number of rotatable bonds is 13. The molecule has 0 aromatic heterocycles. The van der Waals surface area contributed by atoms with Gasteiger partial charge in [0.15, 0.2) is 6.29 Å². The minimum absolute atomic E-state index is 0.0426. The van der Waals surface area contributed by atoms with E-state index in [1.165, 1.54) is 11.8 Å². The Morgan fingerprint density at radius 2 is 1.40 bits per heavy atom. The molecule has 6 aromatic rings. The predicted molar refractivity (Wildman–Crippen MR) is 213 cm³/mol. The Hall–Kier alpha value is -5.91. The number of carbonyl (C=O) groups excluding carboxylic acids is 1. The number of hydrogen-bond acceptors (Lipinski definition) is 7. The summed E-state index contributed by atoms with van der Waals surface area (Å²) in [6.45, 7) is 0.272. The first-order chi connectivity index (χ1) is 26.9. The summed E-state index contributed by atoms with van der Waals surface area (Å²) < 4.78 is 18.9. The quantitative estimate of drug-likeness (QED) is 0.0860. The number of nitrogens with one attached hydrogen (secondary N) is 2. The molecule has 2 amide bonds. The Morgan fingerprint density at radius 1 is 0.727 bits per heavy atom. The maximum Gasteiger partial charge on any atom is 0.336 e. The molecule has 0 spiro atoms. The van der Waals surface area contributed by atoms with Gasteiger partial charge in [0.05, 0.1) is 24.4 Å². The van der Waals surface area contributed by atoms with E-state index < -0.39 is 12.3 Å². The van der Waals surface area contributed by atoms with Crippen molar-refractivity contribution in [3.8, 4) is 22.6 Å². The van der Waals surface area contributed by atoms with Crippen LogP contribution >= 0.6 is 11.8 Å². The number of thioether (sulfide) groups is 1. The van der Waals surface area contributed by atoms with E-state index in [0.717, 1.165) is 39.1 Å². The Bertz CT molecular complexity index is 2200. The first-order valence-corrected chi connectivity index (χ1v) is 18.9. The molecule has 1 aliphatic rings. The zero-order chi connectivity index (χ0) is 38.0. The first-order valence-electron chi connectivity index (χ1n) is 17.9. The average Bonchev–Trinajstić information content (AvgIpc) is 3.23. The van der Waals surface area contributed by atoms with Crippen LogP contribution in [0.2, 0.25) is 0 Å². The number of carboxylic acid groups (broad SMARTS) is 1. The highest BCUT2D eigenvalue weighted by atomic mass is 32.2. The number of para-hydroxylation sites is 1. The maximum absolute atomic E-state index is 12.9. The van der Waals surface area contributed by atoms with E-state index in [9.17, 15) is 19.8 Å². The average molecular weight is 753 g/mol. The molecule has 3 unspecified atom stereocenters. The number of aromatic carboxylic acids is 1. The summed E-state index contributed by atoms with van der Waals surface area (Å²) in [7, 11) is 0. The summed E-state index contributed by atoms with van der Waals surface area (Å²) in [6.07, 6.45) is -0.585. The van der Waals surface area contributed by atoms with Crippen LogP contribution in [0, 0.1) is 0 Å². The largest absolute Gasteiger partial charge is 0.478 e. The lowest BCUT2D eigenvalue weighted by molar-refractivity contribution is -0.245. The van der Waals surface area contributed by atoms with E-state index in [4.69, 9.17) is 14.2 Å². The highest BCUT2D eigenvalue weighted by molar-refractivity contribution is 7.99. The number of anilines is 1. The molecular formula is C45H40N2O7S. The molecule has 1 saturated heterocycles. The lowest BCUT2D eigenvalue weighted by Crippen LogP contribution is -2.31. The van der Waals surface area contributed by atoms with Crippen LogP contribution < -0.4 is 15.4 Å². The Balaban J connectivity index is 1.01. The molecule has 0 radical (unpaired) electrons. The van der Waals surface area contributed by atoms with E-state index >= 15 is 0 Å². The number of ether oxygens (including phenoxy) is 3. The highest BCUT2D eigenvalue weighted by Crippen LogP contribution is 2.40. The van der Waals surface area contributed by atoms with E-state index in [1.54, 1.807) is 36.4 Å². The van der Waals surface area contributed by atoms with Crippen LogP contribution in [0.5, 0.6) is 11.5 Å². The number of carbonyl (C=O) groups is 2. The Labute approximate surface area is 323 Å². The number of aliphatic hydroxyl groups is 1. The first kappa shape index (κ1) is 37.4. The zero-order valence-electron chi connectivity index (χ0n) is 29.8. The molecule has 1 fully saturated rings. The number of carboxylic acids is 1. The minimum atomic E-state index is -0.965. The standard InChI is InChI=1S/C45H40N2O7S/c48-28-30-14-16-32(17-15-30)41-26-38(29-55-42-13-7-6-12-40(42)43(49)50)53-44(54-41)33-20-18-31(19-21-33)39-11-5-4-8-34(39)27-46-45(51)47-35-22-24-37(25-23-35)52-36-9-2-1-3-10-36/h1-25,38,41,44,48H,26-29H2,(H,49,50)(H2,46,47,51). The van der Waals surface area contributed by atoms with Gasteiger partial charge >= 0.3 is 12.0 Å². The van der Waals surface area contributed by atoms with Gasteiger partial charge in [0, 0.05) is 34.9 Å². The molecule has 55 heavy (non-hydrogen) atoms.